The Morgan fingerprint density at radius 3 is 2.68 bits per heavy atom. The van der Waals surface area contributed by atoms with Crippen LogP contribution in [0.25, 0.3) is 11.6 Å². The van der Waals surface area contributed by atoms with Gasteiger partial charge in [-0.1, -0.05) is 42.1 Å². The molecule has 0 spiro atoms. The minimum atomic E-state index is -0.591. The molecule has 0 radical (unpaired) electrons. The number of aromatic nitrogens is 3. The fourth-order valence-electron chi connectivity index (χ4n) is 3.23. The summed E-state index contributed by atoms with van der Waals surface area (Å²) in [7, 11) is 1.43. The zero-order chi connectivity index (χ0) is 24.1. The van der Waals surface area contributed by atoms with Crippen molar-refractivity contribution in [1.29, 1.82) is 0 Å². The normalized spacial score (nSPS) is 11.7. The van der Waals surface area contributed by atoms with E-state index in [2.05, 4.69) is 15.5 Å². The van der Waals surface area contributed by atoms with E-state index >= 15 is 0 Å². The maximum atomic E-state index is 12.9. The van der Waals surface area contributed by atoms with Crippen LogP contribution in [0.2, 0.25) is 0 Å². The number of thioether (sulfide) groups is 1. The molecule has 1 amide bonds. The first-order chi connectivity index (χ1) is 16.5. The molecular formula is C23H21N5O5S. The van der Waals surface area contributed by atoms with Crippen LogP contribution in [0, 0.1) is 10.1 Å². The molecule has 4 aromatic rings. The van der Waals surface area contributed by atoms with Crippen molar-refractivity contribution < 1.29 is 18.9 Å². The number of methoxy groups -OCH3 is 1. The molecule has 174 valence electrons. The Bertz CT molecular complexity index is 1290. The third-order valence-electron chi connectivity index (χ3n) is 4.95. The Labute approximate surface area is 199 Å². The van der Waals surface area contributed by atoms with Crippen molar-refractivity contribution >= 4 is 29.0 Å². The van der Waals surface area contributed by atoms with Gasteiger partial charge in [-0.25, -0.2) is 0 Å². The van der Waals surface area contributed by atoms with Gasteiger partial charge in [0.15, 0.2) is 10.9 Å². The fraction of sp³-hybridized carbons (Fsp3) is 0.174. The standard InChI is InChI=1S/C23H21N5O5S/c1-15(22(29)24-18-13-17(28(30)31)10-11-19(18)32-2)34-23-26-25-21(20-9-6-12-33-20)27(23)14-16-7-4-3-5-8-16/h3-13,15H,14H2,1-2H3,(H,24,29)/t15-/m0/s1. The lowest BCUT2D eigenvalue weighted by Crippen LogP contribution is -2.23. The molecule has 34 heavy (non-hydrogen) atoms. The Kier molecular flexibility index (Phi) is 6.93. The number of non-ortho nitro benzene ring substituents is 1. The number of nitro groups is 1. The quantitative estimate of drug-likeness (QED) is 0.209. The summed E-state index contributed by atoms with van der Waals surface area (Å²) in [6.45, 7) is 2.21. The molecule has 0 aliphatic rings. The molecule has 0 saturated heterocycles. The zero-order valence-corrected chi connectivity index (χ0v) is 19.2. The molecule has 0 fully saturated rings. The van der Waals surface area contributed by atoms with Crippen LogP contribution in [-0.4, -0.2) is 38.0 Å². The molecule has 1 N–H and O–H groups in total. The van der Waals surface area contributed by atoms with Gasteiger partial charge in [-0.05, 0) is 30.7 Å². The summed E-state index contributed by atoms with van der Waals surface area (Å²) in [5, 5.41) is 22.4. The average molecular weight is 480 g/mol. The highest BCUT2D eigenvalue weighted by atomic mass is 32.2. The lowest BCUT2D eigenvalue weighted by atomic mass is 10.2. The molecule has 0 aliphatic heterocycles. The fourth-order valence-corrected chi connectivity index (χ4v) is 4.07. The van der Waals surface area contributed by atoms with Gasteiger partial charge in [-0.3, -0.25) is 19.5 Å². The van der Waals surface area contributed by atoms with E-state index in [4.69, 9.17) is 9.15 Å². The number of benzene rings is 2. The van der Waals surface area contributed by atoms with Crippen LogP contribution in [0.15, 0.2) is 76.5 Å². The number of nitro benzene ring substituents is 1. The minimum absolute atomic E-state index is 0.151. The van der Waals surface area contributed by atoms with Crippen LogP contribution >= 0.6 is 11.8 Å². The van der Waals surface area contributed by atoms with Crippen molar-refractivity contribution in [2.45, 2.75) is 23.9 Å². The van der Waals surface area contributed by atoms with E-state index in [1.807, 2.05) is 34.9 Å². The monoisotopic (exact) mass is 479 g/mol. The van der Waals surface area contributed by atoms with E-state index in [1.54, 1.807) is 25.3 Å². The van der Waals surface area contributed by atoms with Gasteiger partial charge in [0.1, 0.15) is 5.75 Å². The van der Waals surface area contributed by atoms with Crippen molar-refractivity contribution in [2.75, 3.05) is 12.4 Å². The van der Waals surface area contributed by atoms with Gasteiger partial charge in [-0.2, -0.15) is 0 Å². The zero-order valence-electron chi connectivity index (χ0n) is 18.4. The third kappa shape index (κ3) is 5.09. The van der Waals surface area contributed by atoms with Gasteiger partial charge in [0, 0.05) is 12.1 Å². The summed E-state index contributed by atoms with van der Waals surface area (Å²) in [5.41, 5.74) is 1.11. The van der Waals surface area contributed by atoms with Crippen LogP contribution in [0.3, 0.4) is 0 Å². The molecule has 2 aromatic heterocycles. The number of carbonyl (C=O) groups excluding carboxylic acids is 1. The van der Waals surface area contributed by atoms with Gasteiger partial charge < -0.3 is 14.5 Å². The topological polar surface area (TPSA) is 125 Å². The van der Waals surface area contributed by atoms with E-state index in [-0.39, 0.29) is 17.3 Å². The molecule has 0 aliphatic carbocycles. The number of carbonyl (C=O) groups is 1. The average Bonchev–Trinajstić information content (AvgIpc) is 3.50. The number of ether oxygens (including phenoxy) is 1. The Balaban J connectivity index is 1.57. The molecule has 0 bridgehead atoms. The number of rotatable bonds is 9. The van der Waals surface area contributed by atoms with Crippen molar-refractivity contribution in [3.63, 3.8) is 0 Å². The molecular weight excluding hydrogens is 458 g/mol. The number of hydrogen-bond acceptors (Lipinski definition) is 8. The van der Waals surface area contributed by atoms with Crippen LogP contribution in [0.1, 0.15) is 12.5 Å². The van der Waals surface area contributed by atoms with Gasteiger partial charge in [0.2, 0.25) is 11.7 Å². The molecule has 1 atom stereocenters. The maximum Gasteiger partial charge on any atom is 0.271 e. The van der Waals surface area contributed by atoms with E-state index in [0.717, 1.165) is 5.56 Å². The summed E-state index contributed by atoms with van der Waals surface area (Å²) in [5.74, 6) is 1.07. The first-order valence-electron chi connectivity index (χ1n) is 10.3. The second kappa shape index (κ2) is 10.2. The first-order valence-corrected chi connectivity index (χ1v) is 11.1. The number of nitrogens with zero attached hydrogens (tertiary/aromatic N) is 4. The number of furan rings is 1. The van der Waals surface area contributed by atoms with Gasteiger partial charge in [-0.15, -0.1) is 10.2 Å². The lowest BCUT2D eigenvalue weighted by molar-refractivity contribution is -0.384. The van der Waals surface area contributed by atoms with Crippen molar-refractivity contribution in [2.24, 2.45) is 0 Å². The molecule has 10 nitrogen and oxygen atoms in total. The predicted octanol–water partition coefficient (Wildman–Crippen LogP) is 4.62. The van der Waals surface area contributed by atoms with E-state index in [0.29, 0.717) is 29.0 Å². The third-order valence-corrected chi connectivity index (χ3v) is 6.03. The van der Waals surface area contributed by atoms with Crippen molar-refractivity contribution in [1.82, 2.24) is 14.8 Å². The first kappa shape index (κ1) is 23.1. The second-order valence-corrected chi connectivity index (χ2v) is 8.55. The van der Waals surface area contributed by atoms with Crippen LogP contribution < -0.4 is 10.1 Å². The Morgan fingerprint density at radius 2 is 2.00 bits per heavy atom. The van der Waals surface area contributed by atoms with Crippen molar-refractivity contribution in [3.8, 4) is 17.3 Å². The van der Waals surface area contributed by atoms with Crippen LogP contribution in [-0.2, 0) is 11.3 Å². The maximum absolute atomic E-state index is 12.9. The highest BCUT2D eigenvalue weighted by molar-refractivity contribution is 8.00. The molecule has 4 rings (SSSR count). The summed E-state index contributed by atoms with van der Waals surface area (Å²) < 4.78 is 12.6. The highest BCUT2D eigenvalue weighted by Crippen LogP contribution is 2.31. The van der Waals surface area contributed by atoms with Crippen molar-refractivity contribution in [3.05, 3.63) is 82.6 Å². The molecule has 0 unspecified atom stereocenters. The number of amides is 1. The predicted molar refractivity (Wildman–Crippen MR) is 127 cm³/mol. The minimum Gasteiger partial charge on any atom is -0.495 e. The highest BCUT2D eigenvalue weighted by Gasteiger charge is 2.23. The summed E-state index contributed by atoms with van der Waals surface area (Å²) in [6, 6.07) is 17.4. The molecule has 2 heterocycles. The number of hydrogen-bond donors (Lipinski definition) is 1. The lowest BCUT2D eigenvalue weighted by Gasteiger charge is -2.15. The van der Waals surface area contributed by atoms with Gasteiger partial charge in [0.25, 0.3) is 5.69 Å². The van der Waals surface area contributed by atoms with E-state index in [1.165, 1.54) is 37.1 Å². The summed E-state index contributed by atoms with van der Waals surface area (Å²) in [6.07, 6.45) is 1.56. The smallest absolute Gasteiger partial charge is 0.271 e. The SMILES string of the molecule is COc1ccc([N+](=O)[O-])cc1NC(=O)[C@H](C)Sc1nnc(-c2ccco2)n1Cc1ccccc1. The molecule has 2 aromatic carbocycles. The Hall–Kier alpha value is -4.12. The van der Waals surface area contributed by atoms with Crippen LogP contribution in [0.5, 0.6) is 5.75 Å². The second-order valence-electron chi connectivity index (χ2n) is 7.25. The van der Waals surface area contributed by atoms with Crippen LogP contribution in [0.4, 0.5) is 11.4 Å². The number of nitrogens with one attached hydrogen (secondary N) is 1. The summed E-state index contributed by atoms with van der Waals surface area (Å²) >= 11 is 1.22. The molecule has 11 heteroatoms. The molecule has 0 saturated carbocycles. The summed E-state index contributed by atoms with van der Waals surface area (Å²) in [4.78, 5) is 23.5. The van der Waals surface area contributed by atoms with Gasteiger partial charge in [0.05, 0.1) is 35.8 Å². The number of anilines is 1. The Morgan fingerprint density at radius 1 is 1.21 bits per heavy atom. The van der Waals surface area contributed by atoms with Gasteiger partial charge >= 0.3 is 0 Å². The van der Waals surface area contributed by atoms with E-state index < -0.39 is 10.2 Å². The van der Waals surface area contributed by atoms with E-state index in [9.17, 15) is 14.9 Å². The largest absolute Gasteiger partial charge is 0.495 e.